The highest BCUT2D eigenvalue weighted by molar-refractivity contribution is 7.98. The Balaban J connectivity index is 2.35. The zero-order valence-electron chi connectivity index (χ0n) is 10.2. The number of nitrogens with zero attached hydrogens (tertiary/aromatic N) is 1. The molecule has 0 amide bonds. The Bertz CT molecular complexity index is 607. The maximum absolute atomic E-state index is 12.0. The summed E-state index contributed by atoms with van der Waals surface area (Å²) >= 11 is 7.26. The number of H-pyrrole nitrogens is 1. The molecule has 1 aromatic heterocycles. The van der Waals surface area contributed by atoms with Crippen LogP contribution in [0.25, 0.3) is 0 Å². The summed E-state index contributed by atoms with van der Waals surface area (Å²) in [6.45, 7) is 1.86. The summed E-state index contributed by atoms with van der Waals surface area (Å²) in [5.41, 5.74) is 2.46. The lowest BCUT2D eigenvalue weighted by Crippen LogP contribution is -2.17. The van der Waals surface area contributed by atoms with Gasteiger partial charge in [-0.15, -0.1) is 0 Å². The van der Waals surface area contributed by atoms with Gasteiger partial charge in [-0.1, -0.05) is 35.5 Å². The highest BCUT2D eigenvalue weighted by Gasteiger charge is 2.08. The Kier molecular flexibility index (Phi) is 4.09. The normalized spacial score (nSPS) is 10.6. The molecule has 18 heavy (non-hydrogen) atoms. The van der Waals surface area contributed by atoms with Crippen molar-refractivity contribution >= 4 is 23.4 Å². The number of rotatable bonds is 3. The molecule has 1 heterocycles. The van der Waals surface area contributed by atoms with Crippen LogP contribution in [-0.4, -0.2) is 16.2 Å². The van der Waals surface area contributed by atoms with Crippen LogP contribution in [0.5, 0.6) is 0 Å². The first-order chi connectivity index (χ1) is 8.60. The Morgan fingerprint density at radius 1 is 1.33 bits per heavy atom. The molecule has 1 aromatic carbocycles. The third-order valence-corrected chi connectivity index (χ3v) is 3.52. The van der Waals surface area contributed by atoms with E-state index >= 15 is 0 Å². The van der Waals surface area contributed by atoms with Crippen LogP contribution in [0.3, 0.4) is 0 Å². The third-order valence-electron chi connectivity index (χ3n) is 2.69. The van der Waals surface area contributed by atoms with E-state index in [1.807, 2.05) is 37.4 Å². The van der Waals surface area contributed by atoms with Crippen LogP contribution in [0.4, 0.5) is 0 Å². The number of aromatic amines is 1. The fraction of sp³-hybridized carbons (Fsp3) is 0.231. The molecule has 0 spiro atoms. The highest BCUT2D eigenvalue weighted by Crippen LogP contribution is 2.14. The Morgan fingerprint density at radius 3 is 2.56 bits per heavy atom. The molecule has 0 saturated heterocycles. The van der Waals surface area contributed by atoms with E-state index < -0.39 is 0 Å². The number of aromatic nitrogens is 2. The largest absolute Gasteiger partial charge is 0.301 e. The predicted octanol–water partition coefficient (Wildman–Crippen LogP) is 3.04. The predicted molar refractivity (Wildman–Crippen MR) is 75.6 cm³/mol. The molecule has 0 unspecified atom stereocenters. The quantitative estimate of drug-likeness (QED) is 0.694. The molecule has 94 valence electrons. The lowest BCUT2D eigenvalue weighted by atomic mass is 10.1. The summed E-state index contributed by atoms with van der Waals surface area (Å²) in [5, 5.41) is 1.34. The first kappa shape index (κ1) is 13.2. The minimum Gasteiger partial charge on any atom is -0.301 e. The second-order valence-corrected chi connectivity index (χ2v) is 5.17. The van der Waals surface area contributed by atoms with Crippen molar-refractivity contribution < 1.29 is 0 Å². The summed E-state index contributed by atoms with van der Waals surface area (Å²) < 4.78 is 0. The average molecular weight is 281 g/mol. The van der Waals surface area contributed by atoms with E-state index in [0.29, 0.717) is 22.2 Å². The summed E-state index contributed by atoms with van der Waals surface area (Å²) in [4.78, 5) is 19.1. The number of aryl methyl sites for hydroxylation is 1. The van der Waals surface area contributed by atoms with Gasteiger partial charge in [0.05, 0.1) is 0 Å². The zero-order chi connectivity index (χ0) is 13.1. The molecule has 2 rings (SSSR count). The number of hydrogen-bond donors (Lipinski definition) is 1. The second-order valence-electron chi connectivity index (χ2n) is 3.94. The zero-order valence-corrected chi connectivity index (χ0v) is 11.7. The number of hydrogen-bond acceptors (Lipinski definition) is 3. The minimum atomic E-state index is -0.0678. The molecule has 5 heteroatoms. The van der Waals surface area contributed by atoms with Crippen LogP contribution in [0.15, 0.2) is 34.2 Å². The van der Waals surface area contributed by atoms with Gasteiger partial charge in [-0.25, -0.2) is 4.98 Å². The number of thioether (sulfide) groups is 1. The Labute approximate surface area is 115 Å². The van der Waals surface area contributed by atoms with Gasteiger partial charge in [-0.2, -0.15) is 0 Å². The van der Waals surface area contributed by atoms with E-state index in [2.05, 4.69) is 9.97 Å². The molecule has 0 bridgehead atoms. The molecule has 0 radical (unpaired) electrons. The molecule has 0 aliphatic heterocycles. The molecule has 1 N–H and O–H groups in total. The van der Waals surface area contributed by atoms with Crippen molar-refractivity contribution in [3.05, 3.63) is 56.5 Å². The van der Waals surface area contributed by atoms with Crippen LogP contribution in [-0.2, 0) is 6.42 Å². The van der Waals surface area contributed by atoms with Gasteiger partial charge in [-0.3, -0.25) is 4.79 Å². The van der Waals surface area contributed by atoms with Gasteiger partial charge in [0.2, 0.25) is 0 Å². The van der Waals surface area contributed by atoms with Crippen molar-refractivity contribution in [2.45, 2.75) is 18.5 Å². The lowest BCUT2D eigenvalue weighted by Gasteiger charge is -2.06. The van der Waals surface area contributed by atoms with Crippen LogP contribution < -0.4 is 5.56 Å². The van der Waals surface area contributed by atoms with Gasteiger partial charge in [0.25, 0.3) is 5.56 Å². The first-order valence-electron chi connectivity index (χ1n) is 5.48. The first-order valence-corrected chi connectivity index (χ1v) is 7.08. The number of benzene rings is 1. The Hall–Kier alpha value is -1.26. The molecule has 0 fully saturated rings. The standard InChI is InChI=1S/C13H13ClN2OS/c1-8-11(12(17)16-13(15-8)18-2)7-9-3-5-10(14)6-4-9/h3-6H,7H2,1-2H3,(H,15,16,17). The minimum absolute atomic E-state index is 0.0678. The van der Waals surface area contributed by atoms with Gasteiger partial charge >= 0.3 is 0 Å². The SMILES string of the molecule is CSc1nc(C)c(Cc2ccc(Cl)cc2)c(=O)[nH]1. The molecule has 0 aliphatic carbocycles. The van der Waals surface area contributed by atoms with Crippen LogP contribution >= 0.6 is 23.4 Å². The smallest absolute Gasteiger partial charge is 0.255 e. The van der Waals surface area contributed by atoms with Crippen molar-refractivity contribution in [2.75, 3.05) is 6.26 Å². The third kappa shape index (κ3) is 2.94. The van der Waals surface area contributed by atoms with E-state index in [-0.39, 0.29) is 5.56 Å². The maximum atomic E-state index is 12.0. The summed E-state index contributed by atoms with van der Waals surface area (Å²) in [6.07, 6.45) is 2.45. The summed E-state index contributed by atoms with van der Waals surface area (Å²) in [7, 11) is 0. The van der Waals surface area contributed by atoms with Crippen LogP contribution in [0.2, 0.25) is 5.02 Å². The molecule has 0 saturated carbocycles. The van der Waals surface area contributed by atoms with Crippen LogP contribution in [0.1, 0.15) is 16.8 Å². The monoisotopic (exact) mass is 280 g/mol. The number of nitrogens with one attached hydrogen (secondary N) is 1. The van der Waals surface area contributed by atoms with Gasteiger partial charge in [-0.05, 0) is 30.9 Å². The van der Waals surface area contributed by atoms with Gasteiger partial charge < -0.3 is 4.98 Å². The van der Waals surface area contributed by atoms with E-state index in [1.165, 1.54) is 11.8 Å². The van der Waals surface area contributed by atoms with Gasteiger partial charge in [0.15, 0.2) is 5.16 Å². The van der Waals surface area contributed by atoms with Crippen molar-refractivity contribution in [1.29, 1.82) is 0 Å². The summed E-state index contributed by atoms with van der Waals surface area (Å²) in [5.74, 6) is 0. The highest BCUT2D eigenvalue weighted by atomic mass is 35.5. The molecular weight excluding hydrogens is 268 g/mol. The molecule has 3 nitrogen and oxygen atoms in total. The fourth-order valence-electron chi connectivity index (χ4n) is 1.70. The Morgan fingerprint density at radius 2 is 2.00 bits per heavy atom. The van der Waals surface area contributed by atoms with E-state index in [9.17, 15) is 4.79 Å². The summed E-state index contributed by atoms with van der Waals surface area (Å²) in [6, 6.07) is 7.49. The fourth-order valence-corrected chi connectivity index (χ4v) is 2.24. The lowest BCUT2D eigenvalue weighted by molar-refractivity contribution is 0.868. The van der Waals surface area contributed by atoms with Crippen molar-refractivity contribution in [1.82, 2.24) is 9.97 Å². The van der Waals surface area contributed by atoms with Crippen LogP contribution in [0, 0.1) is 6.92 Å². The van der Waals surface area contributed by atoms with Crippen molar-refractivity contribution in [2.24, 2.45) is 0 Å². The van der Waals surface area contributed by atoms with Crippen molar-refractivity contribution in [3.8, 4) is 0 Å². The second kappa shape index (κ2) is 5.59. The molecule has 0 atom stereocenters. The van der Waals surface area contributed by atoms with E-state index in [4.69, 9.17) is 11.6 Å². The topological polar surface area (TPSA) is 45.8 Å². The van der Waals surface area contributed by atoms with Crippen molar-refractivity contribution in [3.63, 3.8) is 0 Å². The van der Waals surface area contributed by atoms with Gasteiger partial charge in [0.1, 0.15) is 0 Å². The average Bonchev–Trinajstić information content (AvgIpc) is 2.35. The molecular formula is C13H13ClN2OS. The van der Waals surface area contributed by atoms with Gasteiger partial charge in [0, 0.05) is 22.7 Å². The maximum Gasteiger partial charge on any atom is 0.255 e. The molecule has 0 aliphatic rings. The molecule has 2 aromatic rings. The van der Waals surface area contributed by atoms with E-state index in [0.717, 1.165) is 11.3 Å². The van der Waals surface area contributed by atoms with E-state index in [1.54, 1.807) is 0 Å². The number of halogens is 1.